The zero-order valence-electron chi connectivity index (χ0n) is 18.9. The second-order valence-electron chi connectivity index (χ2n) is 7.34. The Kier molecular flexibility index (Phi) is 9.22. The van der Waals surface area contributed by atoms with E-state index in [1.165, 1.54) is 38.1 Å². The lowest BCUT2D eigenvalue weighted by molar-refractivity contribution is -0.144. The van der Waals surface area contributed by atoms with Crippen molar-refractivity contribution in [2.45, 2.75) is 44.6 Å². The van der Waals surface area contributed by atoms with Crippen LogP contribution in [0.1, 0.15) is 32.8 Å². The van der Waals surface area contributed by atoms with E-state index >= 15 is 0 Å². The predicted molar refractivity (Wildman–Crippen MR) is 123 cm³/mol. The molecule has 11 heteroatoms. The first kappa shape index (κ1) is 26.6. The van der Waals surface area contributed by atoms with Crippen molar-refractivity contribution in [2.75, 3.05) is 12.9 Å². The number of ether oxygens (including phenoxy) is 1. The number of para-hydroxylation sites is 1. The van der Waals surface area contributed by atoms with Crippen LogP contribution in [0.25, 0.3) is 0 Å². The van der Waals surface area contributed by atoms with E-state index in [0.29, 0.717) is 12.0 Å². The first-order valence-corrected chi connectivity index (χ1v) is 13.7. The van der Waals surface area contributed by atoms with Crippen molar-refractivity contribution in [3.63, 3.8) is 0 Å². The maximum Gasteiger partial charge on any atom is 0.513 e. The van der Waals surface area contributed by atoms with Crippen molar-refractivity contribution in [1.29, 1.82) is 0 Å². The van der Waals surface area contributed by atoms with Gasteiger partial charge in [-0.05, 0) is 63.1 Å². The fraction of sp³-hybridized carbons (Fsp3) is 0.364. The lowest BCUT2D eigenvalue weighted by Crippen LogP contribution is -2.35. The first-order chi connectivity index (χ1) is 15.4. The molecule has 0 spiro atoms. The Balaban J connectivity index is 2.36. The third-order valence-electron chi connectivity index (χ3n) is 4.41. The molecule has 0 fully saturated rings. The van der Waals surface area contributed by atoms with Crippen LogP contribution in [0, 0.1) is 0 Å². The Hall–Kier alpha value is -2.68. The monoisotopic (exact) mass is 497 g/mol. The number of carbonyl (C=O) groups is 2. The van der Waals surface area contributed by atoms with E-state index in [4.69, 9.17) is 13.8 Å². The van der Waals surface area contributed by atoms with Gasteiger partial charge in [-0.15, -0.1) is 0 Å². The quantitative estimate of drug-likeness (QED) is 0.345. The van der Waals surface area contributed by atoms with Crippen LogP contribution in [0.4, 0.5) is 0 Å². The highest BCUT2D eigenvalue weighted by Gasteiger charge is 2.34. The van der Waals surface area contributed by atoms with Gasteiger partial charge >= 0.3 is 13.7 Å². The molecule has 2 aromatic rings. The molecule has 2 rings (SSSR count). The number of ketones is 1. The number of hydrogen-bond acceptors (Lipinski definition) is 8. The fourth-order valence-electron chi connectivity index (χ4n) is 2.75. The van der Waals surface area contributed by atoms with Crippen LogP contribution < -0.4 is 14.1 Å². The maximum absolute atomic E-state index is 13.7. The Morgan fingerprint density at radius 2 is 1.70 bits per heavy atom. The molecule has 0 aliphatic heterocycles. The van der Waals surface area contributed by atoms with Gasteiger partial charge < -0.3 is 18.6 Å². The van der Waals surface area contributed by atoms with Crippen LogP contribution in [-0.2, 0) is 35.1 Å². The number of aryl methyl sites for hydroxylation is 1. The highest BCUT2D eigenvalue weighted by molar-refractivity contribution is 7.90. The number of esters is 1. The number of nitrogens with one attached hydrogen (secondary N) is 1. The van der Waals surface area contributed by atoms with Crippen molar-refractivity contribution in [2.24, 2.45) is 0 Å². The normalized spacial score (nSPS) is 14.1. The number of sulfone groups is 1. The largest absolute Gasteiger partial charge is 0.513 e. The minimum atomic E-state index is -4.21. The Morgan fingerprint density at radius 3 is 2.27 bits per heavy atom. The zero-order chi connectivity index (χ0) is 24.6. The van der Waals surface area contributed by atoms with Crippen molar-refractivity contribution in [3.8, 4) is 11.5 Å². The maximum atomic E-state index is 13.7. The Morgan fingerprint density at radius 1 is 1.06 bits per heavy atom. The molecule has 0 aliphatic rings. The molecule has 2 aromatic carbocycles. The van der Waals surface area contributed by atoms with E-state index < -0.39 is 29.6 Å². The number of rotatable bonds is 12. The third kappa shape index (κ3) is 8.31. The number of carbonyl (C=O) groups excluding carboxylic acids is 2. The summed E-state index contributed by atoms with van der Waals surface area (Å²) in [7, 11) is -7.64. The summed E-state index contributed by atoms with van der Waals surface area (Å²) < 4.78 is 53.4. The summed E-state index contributed by atoms with van der Waals surface area (Å²) in [5, 5.41) is 2.56. The lowest BCUT2D eigenvalue weighted by atomic mass is 10.1. The fourth-order valence-corrected chi connectivity index (χ4v) is 4.94. The molecule has 9 nitrogen and oxygen atoms in total. The molecule has 1 unspecified atom stereocenters. The van der Waals surface area contributed by atoms with E-state index in [9.17, 15) is 22.6 Å². The average molecular weight is 498 g/mol. The molecule has 180 valence electrons. The number of Topliss-reactive ketones (excluding diaryl/α,β-unsaturated/α-hetero) is 1. The summed E-state index contributed by atoms with van der Waals surface area (Å²) in [6.07, 6.45) is 1.70. The van der Waals surface area contributed by atoms with Gasteiger partial charge in [0.05, 0.1) is 11.5 Å². The molecule has 0 amide bonds. The van der Waals surface area contributed by atoms with Crippen LogP contribution in [0.5, 0.6) is 11.5 Å². The van der Waals surface area contributed by atoms with Gasteiger partial charge in [0.1, 0.15) is 23.3 Å². The van der Waals surface area contributed by atoms with Crippen LogP contribution in [0.2, 0.25) is 0 Å². The van der Waals surface area contributed by atoms with Gasteiger partial charge in [-0.25, -0.2) is 13.0 Å². The Labute approximate surface area is 193 Å². The van der Waals surface area contributed by atoms with Gasteiger partial charge in [-0.1, -0.05) is 18.2 Å². The molecule has 0 saturated carbocycles. The molecule has 2 atom stereocenters. The van der Waals surface area contributed by atoms with Crippen molar-refractivity contribution >= 4 is 29.3 Å². The Bertz CT molecular complexity index is 1130. The van der Waals surface area contributed by atoms with E-state index in [0.717, 1.165) is 6.26 Å². The summed E-state index contributed by atoms with van der Waals surface area (Å²) in [6.45, 7) is 4.70. The van der Waals surface area contributed by atoms with E-state index in [1.54, 1.807) is 31.2 Å². The minimum absolute atomic E-state index is 0.00994. The molecular weight excluding hydrogens is 469 g/mol. The zero-order valence-corrected chi connectivity index (χ0v) is 20.6. The summed E-state index contributed by atoms with van der Waals surface area (Å²) in [5.41, 5.74) is 0.634. The molecule has 1 N–H and O–H groups in total. The lowest BCUT2D eigenvalue weighted by Gasteiger charge is -2.24. The van der Waals surface area contributed by atoms with Crippen molar-refractivity contribution in [1.82, 2.24) is 5.09 Å². The van der Waals surface area contributed by atoms with E-state index in [-0.39, 0.29) is 35.2 Å². The molecule has 0 heterocycles. The van der Waals surface area contributed by atoms with Gasteiger partial charge in [-0.3, -0.25) is 4.79 Å². The predicted octanol–water partition coefficient (Wildman–Crippen LogP) is 3.72. The van der Waals surface area contributed by atoms with Gasteiger partial charge in [0.2, 0.25) is 0 Å². The van der Waals surface area contributed by atoms with Crippen LogP contribution >= 0.6 is 7.75 Å². The summed E-state index contributed by atoms with van der Waals surface area (Å²) in [6, 6.07) is 11.0. The number of benzene rings is 2. The summed E-state index contributed by atoms with van der Waals surface area (Å²) >= 11 is 0. The van der Waals surface area contributed by atoms with Crippen molar-refractivity contribution in [3.05, 3.63) is 54.1 Å². The van der Waals surface area contributed by atoms with E-state index in [2.05, 4.69) is 5.09 Å². The molecule has 0 aliphatic carbocycles. The molecular formula is C22H28NO8PS. The van der Waals surface area contributed by atoms with Gasteiger partial charge in [0.15, 0.2) is 9.84 Å². The highest BCUT2D eigenvalue weighted by Crippen LogP contribution is 2.46. The first-order valence-electron chi connectivity index (χ1n) is 10.2. The topological polar surface area (TPSA) is 125 Å². The van der Waals surface area contributed by atoms with Crippen LogP contribution in [0.15, 0.2) is 53.4 Å². The molecule has 0 saturated heterocycles. The van der Waals surface area contributed by atoms with Gasteiger partial charge in [0.25, 0.3) is 0 Å². The second-order valence-corrected chi connectivity index (χ2v) is 11.0. The third-order valence-corrected chi connectivity index (χ3v) is 7.13. The van der Waals surface area contributed by atoms with E-state index in [1.807, 2.05) is 0 Å². The highest BCUT2D eigenvalue weighted by atomic mass is 32.2. The van der Waals surface area contributed by atoms with Gasteiger partial charge in [-0.2, -0.15) is 5.09 Å². The summed E-state index contributed by atoms with van der Waals surface area (Å²) in [4.78, 5) is 23.6. The molecule has 0 aromatic heterocycles. The van der Waals surface area contributed by atoms with Gasteiger partial charge in [0, 0.05) is 12.7 Å². The molecule has 33 heavy (non-hydrogen) atoms. The SMILES string of the molecule is CCOC(=O)[C@H](C)NP(=O)(Oc1ccc(S(C)(=O)=O)cc1)Oc1ccccc1CCC(C)=O. The number of hydrogen-bond donors (Lipinski definition) is 1. The molecule has 0 bridgehead atoms. The van der Waals surface area contributed by atoms with Crippen molar-refractivity contribution < 1.29 is 36.4 Å². The molecule has 0 radical (unpaired) electrons. The standard InChI is InChI=1S/C22H28NO8PS/c1-5-29-22(25)17(3)23-32(26,30-19-12-14-20(15-13-19)33(4,27)28)31-21-9-7-6-8-18(21)11-10-16(2)24/h6-9,12-15,17H,5,10-11H2,1-4H3,(H,23,26)/t17-,32?/m0/s1. The van der Waals surface area contributed by atoms with Crippen LogP contribution in [-0.4, -0.2) is 39.1 Å². The average Bonchev–Trinajstić information content (AvgIpc) is 2.72. The summed E-state index contributed by atoms with van der Waals surface area (Å²) in [5.74, 6) is -0.375. The van der Waals surface area contributed by atoms with Crippen LogP contribution in [0.3, 0.4) is 0 Å². The smallest absolute Gasteiger partial charge is 0.465 e. The minimum Gasteiger partial charge on any atom is -0.465 e. The second kappa shape index (κ2) is 11.4.